The van der Waals surface area contributed by atoms with E-state index in [4.69, 9.17) is 24.4 Å². The highest BCUT2D eigenvalue weighted by molar-refractivity contribution is 5.73. The summed E-state index contributed by atoms with van der Waals surface area (Å²) in [5.41, 5.74) is 4.51. The maximum Gasteiger partial charge on any atom is 0.490 e. The number of para-hydroxylation sites is 1. The van der Waals surface area contributed by atoms with Crippen LogP contribution in [0.2, 0.25) is 0 Å². The van der Waals surface area contributed by atoms with Crippen molar-refractivity contribution >= 4 is 5.97 Å². The Bertz CT molecular complexity index is 1050. The Kier molecular flexibility index (Phi) is 9.32. The number of carboxylic acids is 1. The molecule has 0 amide bonds. The molecule has 0 saturated carbocycles. The lowest BCUT2D eigenvalue weighted by molar-refractivity contribution is -0.192. The van der Waals surface area contributed by atoms with Crippen molar-refractivity contribution in [2.24, 2.45) is 0 Å². The monoisotopic (exact) mass is 464 g/mol. The van der Waals surface area contributed by atoms with Gasteiger partial charge in [0.1, 0.15) is 11.5 Å². The van der Waals surface area contributed by atoms with E-state index in [0.717, 1.165) is 48.6 Å². The molecular formula is C24H27F3N2O4. The number of benzene rings is 2. The normalized spacial score (nSPS) is 10.8. The number of ether oxygens (including phenoxy) is 2. The van der Waals surface area contributed by atoms with Crippen LogP contribution in [0.4, 0.5) is 13.2 Å². The zero-order valence-corrected chi connectivity index (χ0v) is 18.7. The smallest absolute Gasteiger partial charge is 0.490 e. The van der Waals surface area contributed by atoms with Gasteiger partial charge in [-0.2, -0.15) is 13.2 Å². The zero-order chi connectivity index (χ0) is 24.4. The maximum absolute atomic E-state index is 10.6. The fourth-order valence-electron chi connectivity index (χ4n) is 3.18. The molecule has 6 nitrogen and oxygen atoms in total. The molecule has 3 rings (SSSR count). The van der Waals surface area contributed by atoms with Gasteiger partial charge >= 0.3 is 12.1 Å². The Morgan fingerprint density at radius 2 is 1.79 bits per heavy atom. The molecule has 1 aromatic heterocycles. The van der Waals surface area contributed by atoms with Crippen LogP contribution in [-0.4, -0.2) is 41.0 Å². The molecule has 0 spiro atoms. The molecule has 0 radical (unpaired) electrons. The van der Waals surface area contributed by atoms with Gasteiger partial charge in [-0.3, -0.25) is 0 Å². The van der Waals surface area contributed by atoms with E-state index in [9.17, 15) is 13.2 Å². The first-order valence-corrected chi connectivity index (χ1v) is 10.3. The topological polar surface area (TPSA) is 73.6 Å². The Hall–Kier alpha value is -3.49. The van der Waals surface area contributed by atoms with E-state index in [2.05, 4.69) is 29.7 Å². The third kappa shape index (κ3) is 7.27. The van der Waals surface area contributed by atoms with Gasteiger partial charge in [-0.15, -0.1) is 0 Å². The zero-order valence-electron chi connectivity index (χ0n) is 18.7. The molecule has 2 aromatic carbocycles. The highest BCUT2D eigenvalue weighted by Gasteiger charge is 2.38. The van der Waals surface area contributed by atoms with E-state index in [1.165, 1.54) is 11.3 Å². The number of carboxylic acid groups (broad SMARTS) is 1. The number of aliphatic carboxylic acids is 1. The molecule has 0 aliphatic carbocycles. The minimum absolute atomic E-state index is 0.776. The number of rotatable bonds is 8. The van der Waals surface area contributed by atoms with Gasteiger partial charge in [-0.05, 0) is 42.7 Å². The molecule has 1 N–H and O–H groups in total. The largest absolute Gasteiger partial charge is 0.497 e. The molecule has 0 aliphatic heterocycles. The molecule has 0 atom stereocenters. The van der Waals surface area contributed by atoms with E-state index >= 15 is 0 Å². The molecule has 9 heteroatoms. The predicted octanol–water partition coefficient (Wildman–Crippen LogP) is 5.59. The molecule has 3 aromatic rings. The first-order chi connectivity index (χ1) is 15.7. The van der Waals surface area contributed by atoms with Crippen molar-refractivity contribution in [2.75, 3.05) is 14.2 Å². The van der Waals surface area contributed by atoms with Gasteiger partial charge in [-0.1, -0.05) is 37.6 Å². The summed E-state index contributed by atoms with van der Waals surface area (Å²) < 4.78 is 44.9. The van der Waals surface area contributed by atoms with Crippen molar-refractivity contribution in [2.45, 2.75) is 38.9 Å². The van der Waals surface area contributed by atoms with E-state index in [-0.39, 0.29) is 0 Å². The molecule has 33 heavy (non-hydrogen) atoms. The van der Waals surface area contributed by atoms with Crippen LogP contribution in [0.5, 0.6) is 11.5 Å². The highest BCUT2D eigenvalue weighted by Crippen LogP contribution is 2.32. The fraction of sp³-hybridized carbons (Fsp3) is 0.333. The second-order valence-electron chi connectivity index (χ2n) is 7.13. The van der Waals surface area contributed by atoms with Gasteiger partial charge in [0.05, 0.1) is 26.2 Å². The number of hydrogen-bond acceptors (Lipinski definition) is 4. The summed E-state index contributed by atoms with van der Waals surface area (Å²) in [7, 11) is 3.40. The number of halogens is 3. The first-order valence-electron chi connectivity index (χ1n) is 10.3. The average Bonchev–Trinajstić information content (AvgIpc) is 3.19. The number of methoxy groups -OCH3 is 2. The second kappa shape index (κ2) is 11.9. The number of alkyl halides is 3. The van der Waals surface area contributed by atoms with Crippen LogP contribution in [-0.2, 0) is 17.8 Å². The summed E-state index contributed by atoms with van der Waals surface area (Å²) in [6.45, 7) is 2.99. The van der Waals surface area contributed by atoms with Crippen LogP contribution < -0.4 is 9.47 Å². The Balaban J connectivity index is 0.000000479. The van der Waals surface area contributed by atoms with Crippen molar-refractivity contribution in [1.82, 2.24) is 9.55 Å². The van der Waals surface area contributed by atoms with E-state index in [1.807, 2.05) is 36.7 Å². The van der Waals surface area contributed by atoms with Crippen LogP contribution in [0.25, 0.3) is 11.3 Å². The first kappa shape index (κ1) is 25.8. The van der Waals surface area contributed by atoms with Gasteiger partial charge in [0, 0.05) is 17.8 Å². The number of hydrogen-bond donors (Lipinski definition) is 1. The van der Waals surface area contributed by atoms with Gasteiger partial charge in [0.2, 0.25) is 0 Å². The van der Waals surface area contributed by atoms with Crippen LogP contribution >= 0.6 is 0 Å². The SMILES string of the molecule is CCCCc1c(-c2ccccc2OC)ncn1Cc1cccc(OC)c1.O=C(O)C(F)(F)F. The Morgan fingerprint density at radius 1 is 1.09 bits per heavy atom. The Labute approximate surface area is 190 Å². The summed E-state index contributed by atoms with van der Waals surface area (Å²) in [5, 5.41) is 7.12. The minimum atomic E-state index is -5.08. The number of imidazole rings is 1. The highest BCUT2D eigenvalue weighted by atomic mass is 19.4. The van der Waals surface area contributed by atoms with Crippen molar-refractivity contribution < 1.29 is 32.5 Å². The van der Waals surface area contributed by atoms with Crippen molar-refractivity contribution in [1.29, 1.82) is 0 Å². The number of nitrogens with zero attached hydrogens (tertiary/aromatic N) is 2. The van der Waals surface area contributed by atoms with E-state index in [1.54, 1.807) is 14.2 Å². The second-order valence-corrected chi connectivity index (χ2v) is 7.13. The number of carbonyl (C=O) groups is 1. The molecule has 0 unspecified atom stereocenters. The summed E-state index contributed by atoms with van der Waals surface area (Å²) in [4.78, 5) is 13.6. The van der Waals surface area contributed by atoms with Crippen LogP contribution in [0.3, 0.4) is 0 Å². The summed E-state index contributed by atoms with van der Waals surface area (Å²) >= 11 is 0. The lowest BCUT2D eigenvalue weighted by atomic mass is 10.1. The van der Waals surface area contributed by atoms with Gasteiger partial charge in [-0.25, -0.2) is 9.78 Å². The molecular weight excluding hydrogens is 437 g/mol. The molecule has 0 bridgehead atoms. The fourth-order valence-corrected chi connectivity index (χ4v) is 3.18. The quantitative estimate of drug-likeness (QED) is 0.470. The van der Waals surface area contributed by atoms with E-state index in [0.29, 0.717) is 0 Å². The predicted molar refractivity (Wildman–Crippen MR) is 119 cm³/mol. The summed E-state index contributed by atoms with van der Waals surface area (Å²) in [6, 6.07) is 16.3. The average molecular weight is 464 g/mol. The third-order valence-electron chi connectivity index (χ3n) is 4.81. The van der Waals surface area contributed by atoms with E-state index < -0.39 is 12.1 Å². The van der Waals surface area contributed by atoms with Crippen molar-refractivity contribution in [3.05, 3.63) is 66.1 Å². The summed E-state index contributed by atoms with van der Waals surface area (Å²) in [5.74, 6) is -1.02. The molecule has 178 valence electrons. The molecule has 0 fully saturated rings. The molecule has 0 saturated heterocycles. The Morgan fingerprint density at radius 3 is 2.39 bits per heavy atom. The van der Waals surface area contributed by atoms with Crippen molar-refractivity contribution in [3.63, 3.8) is 0 Å². The summed E-state index contributed by atoms with van der Waals surface area (Å²) in [6.07, 6.45) is 0.127. The van der Waals surface area contributed by atoms with Crippen LogP contribution in [0, 0.1) is 0 Å². The third-order valence-corrected chi connectivity index (χ3v) is 4.81. The van der Waals surface area contributed by atoms with Crippen LogP contribution in [0.1, 0.15) is 31.0 Å². The molecule has 1 heterocycles. The standard InChI is InChI=1S/C22H26N2O2.C2HF3O2/c1-4-5-12-20-22(19-11-6-7-13-21(19)26-3)23-16-24(20)15-17-9-8-10-18(14-17)25-2;3-2(4,5)1(6)7/h6-11,13-14,16H,4-5,12,15H2,1-3H3;(H,6,7). The van der Waals surface area contributed by atoms with Gasteiger partial charge in [0.25, 0.3) is 0 Å². The molecule has 0 aliphatic rings. The van der Waals surface area contributed by atoms with Gasteiger partial charge in [0.15, 0.2) is 0 Å². The lowest BCUT2D eigenvalue weighted by Gasteiger charge is -2.12. The minimum Gasteiger partial charge on any atom is -0.497 e. The van der Waals surface area contributed by atoms with Crippen LogP contribution in [0.15, 0.2) is 54.9 Å². The lowest BCUT2D eigenvalue weighted by Crippen LogP contribution is -2.21. The number of aromatic nitrogens is 2. The van der Waals surface area contributed by atoms with Crippen molar-refractivity contribution in [3.8, 4) is 22.8 Å². The maximum atomic E-state index is 10.6. The van der Waals surface area contributed by atoms with Gasteiger partial charge < -0.3 is 19.1 Å². The number of unbranched alkanes of at least 4 members (excludes halogenated alkanes) is 1.